The molecule has 0 aliphatic heterocycles. The zero-order chi connectivity index (χ0) is 25.5. The standard InChI is InChI=1S/C29H40N2O4/c1-21(19-26-31-24-14-7-8-15-25(24)33-26)11-10-17-30-18-16-22-12-9-13-23(20-22)34-29(5,6)27(32)35-28(2,3)4/h7-9,12-15,20-21,30H,10-11,16-19H2,1-6H3. The average molecular weight is 481 g/mol. The number of carbonyl (C=O) groups excluding carboxylic acids is 1. The van der Waals surface area contributed by atoms with Crippen LogP contribution in [0.3, 0.4) is 0 Å². The van der Waals surface area contributed by atoms with E-state index in [1.54, 1.807) is 13.8 Å². The summed E-state index contributed by atoms with van der Waals surface area (Å²) in [6, 6.07) is 15.8. The molecular weight excluding hydrogens is 440 g/mol. The minimum Gasteiger partial charge on any atom is -0.476 e. The van der Waals surface area contributed by atoms with Crippen molar-refractivity contribution in [2.45, 2.75) is 78.4 Å². The van der Waals surface area contributed by atoms with Crippen LogP contribution in [-0.4, -0.2) is 35.2 Å². The summed E-state index contributed by atoms with van der Waals surface area (Å²) in [4.78, 5) is 17.0. The maximum absolute atomic E-state index is 12.5. The monoisotopic (exact) mass is 480 g/mol. The van der Waals surface area contributed by atoms with E-state index >= 15 is 0 Å². The van der Waals surface area contributed by atoms with Crippen molar-refractivity contribution in [1.82, 2.24) is 10.3 Å². The number of nitrogens with zero attached hydrogens (tertiary/aromatic N) is 1. The van der Waals surface area contributed by atoms with Gasteiger partial charge in [0.2, 0.25) is 0 Å². The number of oxazole rings is 1. The summed E-state index contributed by atoms with van der Waals surface area (Å²) >= 11 is 0. The Hall–Kier alpha value is -2.86. The first-order valence-corrected chi connectivity index (χ1v) is 12.6. The van der Waals surface area contributed by atoms with Crippen LogP contribution in [-0.2, 0) is 22.4 Å². The van der Waals surface area contributed by atoms with Crippen LogP contribution in [0.25, 0.3) is 11.1 Å². The molecule has 1 N–H and O–H groups in total. The highest BCUT2D eigenvalue weighted by Crippen LogP contribution is 2.23. The number of hydrogen-bond acceptors (Lipinski definition) is 6. The van der Waals surface area contributed by atoms with E-state index in [4.69, 9.17) is 13.9 Å². The second-order valence-electron chi connectivity index (χ2n) is 10.8. The number of rotatable bonds is 12. The van der Waals surface area contributed by atoms with Crippen LogP contribution in [0.4, 0.5) is 0 Å². The normalized spacial score (nSPS) is 13.1. The van der Waals surface area contributed by atoms with Crippen molar-refractivity contribution in [2.75, 3.05) is 13.1 Å². The molecule has 0 aliphatic carbocycles. The van der Waals surface area contributed by atoms with Gasteiger partial charge in [0.05, 0.1) is 0 Å². The molecule has 1 heterocycles. The molecule has 0 fully saturated rings. The van der Waals surface area contributed by atoms with Gasteiger partial charge >= 0.3 is 5.97 Å². The summed E-state index contributed by atoms with van der Waals surface area (Å²) in [5.41, 5.74) is 1.35. The van der Waals surface area contributed by atoms with Crippen LogP contribution in [0.1, 0.15) is 65.8 Å². The maximum Gasteiger partial charge on any atom is 0.350 e. The van der Waals surface area contributed by atoms with Gasteiger partial charge in [-0.05, 0) is 103 Å². The molecule has 0 radical (unpaired) electrons. The molecule has 2 aromatic carbocycles. The molecule has 6 heteroatoms. The molecule has 35 heavy (non-hydrogen) atoms. The number of hydrogen-bond donors (Lipinski definition) is 1. The second kappa shape index (κ2) is 11.7. The third kappa shape index (κ3) is 8.70. The van der Waals surface area contributed by atoms with Crippen molar-refractivity contribution in [1.29, 1.82) is 0 Å². The van der Waals surface area contributed by atoms with Crippen LogP contribution >= 0.6 is 0 Å². The summed E-state index contributed by atoms with van der Waals surface area (Å²) in [5.74, 6) is 1.64. The number of nitrogens with one attached hydrogen (secondary N) is 1. The molecule has 0 bridgehead atoms. The van der Waals surface area contributed by atoms with Gasteiger partial charge in [0.1, 0.15) is 16.9 Å². The van der Waals surface area contributed by atoms with Crippen LogP contribution < -0.4 is 10.1 Å². The Morgan fingerprint density at radius 2 is 1.83 bits per heavy atom. The van der Waals surface area contributed by atoms with Gasteiger partial charge in [0, 0.05) is 6.42 Å². The van der Waals surface area contributed by atoms with Gasteiger partial charge in [-0.1, -0.05) is 31.2 Å². The lowest BCUT2D eigenvalue weighted by molar-refractivity contribution is -0.170. The molecule has 0 saturated carbocycles. The summed E-state index contributed by atoms with van der Waals surface area (Å²) in [6.07, 6.45) is 3.98. The van der Waals surface area contributed by atoms with E-state index in [1.165, 1.54) is 5.56 Å². The Labute approximate surface area is 209 Å². The predicted octanol–water partition coefficient (Wildman–Crippen LogP) is 6.12. The number of fused-ring (bicyclic) bond motifs is 1. The number of esters is 1. The van der Waals surface area contributed by atoms with Crippen LogP contribution in [0.2, 0.25) is 0 Å². The van der Waals surface area contributed by atoms with E-state index in [0.29, 0.717) is 11.7 Å². The van der Waals surface area contributed by atoms with Gasteiger partial charge < -0.3 is 19.2 Å². The van der Waals surface area contributed by atoms with Gasteiger partial charge in [-0.25, -0.2) is 9.78 Å². The third-order valence-electron chi connectivity index (χ3n) is 5.66. The third-order valence-corrected chi connectivity index (χ3v) is 5.66. The second-order valence-corrected chi connectivity index (χ2v) is 10.8. The van der Waals surface area contributed by atoms with E-state index in [0.717, 1.165) is 55.8 Å². The Morgan fingerprint density at radius 3 is 2.57 bits per heavy atom. The molecule has 0 spiro atoms. The number of carbonyl (C=O) groups is 1. The fraction of sp³-hybridized carbons (Fsp3) is 0.517. The first kappa shape index (κ1) is 26.7. The number of benzene rings is 2. The summed E-state index contributed by atoms with van der Waals surface area (Å²) in [6.45, 7) is 13.1. The first-order valence-electron chi connectivity index (χ1n) is 12.6. The predicted molar refractivity (Wildman–Crippen MR) is 140 cm³/mol. The van der Waals surface area contributed by atoms with Crippen LogP contribution in [0.5, 0.6) is 5.75 Å². The molecule has 0 aliphatic rings. The molecule has 1 unspecified atom stereocenters. The zero-order valence-electron chi connectivity index (χ0n) is 22.0. The quantitative estimate of drug-likeness (QED) is 0.249. The Balaban J connectivity index is 1.36. The van der Waals surface area contributed by atoms with E-state index in [1.807, 2.05) is 63.2 Å². The number of para-hydroxylation sites is 2. The van der Waals surface area contributed by atoms with Crippen LogP contribution in [0, 0.1) is 5.92 Å². The highest BCUT2D eigenvalue weighted by atomic mass is 16.6. The highest BCUT2D eigenvalue weighted by Gasteiger charge is 2.34. The van der Waals surface area contributed by atoms with E-state index < -0.39 is 11.2 Å². The highest BCUT2D eigenvalue weighted by molar-refractivity contribution is 5.79. The molecule has 190 valence electrons. The minimum absolute atomic E-state index is 0.373. The summed E-state index contributed by atoms with van der Waals surface area (Å²) in [7, 11) is 0. The molecule has 1 aromatic heterocycles. The Kier molecular flexibility index (Phi) is 8.95. The topological polar surface area (TPSA) is 73.6 Å². The number of ether oxygens (including phenoxy) is 2. The largest absolute Gasteiger partial charge is 0.476 e. The molecule has 0 saturated heterocycles. The van der Waals surface area contributed by atoms with Crippen molar-refractivity contribution in [3.05, 3.63) is 60.0 Å². The lowest BCUT2D eigenvalue weighted by Crippen LogP contribution is -2.43. The summed E-state index contributed by atoms with van der Waals surface area (Å²) in [5, 5.41) is 3.53. The molecule has 6 nitrogen and oxygen atoms in total. The van der Waals surface area contributed by atoms with Gasteiger partial charge in [0.15, 0.2) is 17.1 Å². The Morgan fingerprint density at radius 1 is 1.06 bits per heavy atom. The Bertz CT molecular complexity index is 1060. The van der Waals surface area contributed by atoms with Crippen molar-refractivity contribution in [2.24, 2.45) is 5.92 Å². The van der Waals surface area contributed by atoms with Gasteiger partial charge in [0.25, 0.3) is 0 Å². The average Bonchev–Trinajstić information content (AvgIpc) is 3.17. The lowest BCUT2D eigenvalue weighted by Gasteiger charge is -2.29. The van der Waals surface area contributed by atoms with Gasteiger partial charge in [-0.3, -0.25) is 0 Å². The fourth-order valence-electron chi connectivity index (χ4n) is 3.84. The lowest BCUT2D eigenvalue weighted by atomic mass is 10.0. The first-order chi connectivity index (χ1) is 16.5. The maximum atomic E-state index is 12.5. The van der Waals surface area contributed by atoms with Crippen molar-refractivity contribution in [3.8, 4) is 5.75 Å². The van der Waals surface area contributed by atoms with Crippen LogP contribution in [0.15, 0.2) is 52.9 Å². The van der Waals surface area contributed by atoms with E-state index in [-0.39, 0.29) is 5.97 Å². The zero-order valence-corrected chi connectivity index (χ0v) is 22.0. The molecule has 1 atom stereocenters. The molecule has 3 aromatic rings. The van der Waals surface area contributed by atoms with Gasteiger partial charge in [-0.15, -0.1) is 0 Å². The van der Waals surface area contributed by atoms with Crippen molar-refractivity contribution in [3.63, 3.8) is 0 Å². The molecular formula is C29H40N2O4. The smallest absolute Gasteiger partial charge is 0.350 e. The SMILES string of the molecule is CC(CCCNCCc1cccc(OC(C)(C)C(=O)OC(C)(C)C)c1)Cc1nc2ccccc2o1. The van der Waals surface area contributed by atoms with E-state index in [2.05, 4.69) is 23.3 Å². The minimum atomic E-state index is -1.06. The molecule has 3 rings (SSSR count). The van der Waals surface area contributed by atoms with Crippen molar-refractivity contribution < 1.29 is 18.7 Å². The van der Waals surface area contributed by atoms with Gasteiger partial charge in [-0.2, -0.15) is 0 Å². The number of aromatic nitrogens is 1. The summed E-state index contributed by atoms with van der Waals surface area (Å²) < 4.78 is 17.3. The van der Waals surface area contributed by atoms with Crippen molar-refractivity contribution >= 4 is 17.1 Å². The fourth-order valence-corrected chi connectivity index (χ4v) is 3.84. The van der Waals surface area contributed by atoms with E-state index in [9.17, 15) is 4.79 Å². The molecule has 0 amide bonds.